The van der Waals surface area contributed by atoms with Crippen LogP contribution in [0.1, 0.15) is 5.56 Å². The number of anilines is 2. The summed E-state index contributed by atoms with van der Waals surface area (Å²) >= 11 is 11.9. The second-order valence-electron chi connectivity index (χ2n) is 7.81. The van der Waals surface area contributed by atoms with Gasteiger partial charge in [0.25, 0.3) is 5.91 Å². The zero-order valence-corrected chi connectivity index (χ0v) is 19.5. The van der Waals surface area contributed by atoms with Gasteiger partial charge in [-0.05, 0) is 48.5 Å². The first-order valence-corrected chi connectivity index (χ1v) is 11.4. The fraction of sp³-hybridized carbons (Fsp3) is 0.240. The number of carbonyl (C=O) groups excluding carboxylic acids is 1. The van der Waals surface area contributed by atoms with E-state index in [4.69, 9.17) is 27.9 Å². The highest BCUT2D eigenvalue weighted by atomic mass is 35.5. The third-order valence-corrected chi connectivity index (χ3v) is 6.02. The molecule has 0 unspecified atom stereocenters. The first-order valence-electron chi connectivity index (χ1n) is 10.7. The van der Waals surface area contributed by atoms with Gasteiger partial charge >= 0.3 is 0 Å². The predicted octanol–water partition coefficient (Wildman–Crippen LogP) is 5.47. The molecule has 3 aromatic carbocycles. The lowest BCUT2D eigenvalue weighted by atomic mass is 10.1. The molecule has 1 aliphatic heterocycles. The number of piperazine rings is 1. The molecule has 5 nitrogen and oxygen atoms in total. The quantitative estimate of drug-likeness (QED) is 0.479. The molecule has 33 heavy (non-hydrogen) atoms. The first-order chi connectivity index (χ1) is 16.0. The molecular weight excluding hydrogens is 464 g/mol. The average molecular weight is 488 g/mol. The van der Waals surface area contributed by atoms with Gasteiger partial charge in [0.1, 0.15) is 11.6 Å². The van der Waals surface area contributed by atoms with Crippen molar-refractivity contribution < 1.29 is 13.9 Å². The van der Waals surface area contributed by atoms with E-state index in [0.29, 0.717) is 28.0 Å². The zero-order valence-electron chi connectivity index (χ0n) is 17.9. The Morgan fingerprint density at radius 2 is 1.70 bits per heavy atom. The minimum absolute atomic E-state index is 0.153. The highest BCUT2D eigenvalue weighted by Gasteiger charge is 2.18. The number of nitrogens with zero attached hydrogens (tertiary/aromatic N) is 2. The summed E-state index contributed by atoms with van der Waals surface area (Å²) < 4.78 is 19.4. The maximum atomic E-state index is 13.9. The van der Waals surface area contributed by atoms with Crippen LogP contribution in [0.3, 0.4) is 0 Å². The molecule has 1 amide bonds. The molecule has 8 heteroatoms. The molecule has 3 aromatic rings. The maximum absolute atomic E-state index is 13.9. The Kier molecular flexibility index (Phi) is 7.70. The molecule has 1 saturated heterocycles. The van der Waals surface area contributed by atoms with Gasteiger partial charge in [-0.3, -0.25) is 9.69 Å². The van der Waals surface area contributed by atoms with Gasteiger partial charge in [0.15, 0.2) is 6.61 Å². The molecule has 1 fully saturated rings. The maximum Gasteiger partial charge on any atom is 0.262 e. The van der Waals surface area contributed by atoms with Crippen LogP contribution >= 0.6 is 23.2 Å². The summed E-state index contributed by atoms with van der Waals surface area (Å²) in [6.45, 7) is 3.89. The normalized spacial score (nSPS) is 14.2. The van der Waals surface area contributed by atoms with Crippen LogP contribution in [-0.2, 0) is 11.3 Å². The Morgan fingerprint density at radius 3 is 2.39 bits per heavy atom. The minimum atomic E-state index is -0.282. The van der Waals surface area contributed by atoms with Gasteiger partial charge in [-0.1, -0.05) is 41.4 Å². The number of hydrogen-bond acceptors (Lipinski definition) is 4. The van der Waals surface area contributed by atoms with Crippen molar-refractivity contribution >= 4 is 40.5 Å². The SMILES string of the molecule is O=C(COc1ccc(Cl)cc1Cl)Nc1ccc(N2CCN(Cc3ccccc3F)CC2)cc1. The number of halogens is 3. The predicted molar refractivity (Wildman–Crippen MR) is 131 cm³/mol. The molecule has 0 aliphatic carbocycles. The lowest BCUT2D eigenvalue weighted by Crippen LogP contribution is -2.46. The number of carbonyl (C=O) groups is 1. The molecule has 172 valence electrons. The summed E-state index contributed by atoms with van der Waals surface area (Å²) in [5, 5.41) is 3.68. The fourth-order valence-electron chi connectivity index (χ4n) is 3.72. The zero-order chi connectivity index (χ0) is 23.2. The van der Waals surface area contributed by atoms with Crippen LogP contribution in [0.5, 0.6) is 5.75 Å². The summed E-state index contributed by atoms with van der Waals surface area (Å²) in [7, 11) is 0. The number of benzene rings is 3. The number of hydrogen-bond donors (Lipinski definition) is 1. The average Bonchev–Trinajstić information content (AvgIpc) is 2.81. The molecule has 0 saturated carbocycles. The van der Waals surface area contributed by atoms with Crippen LogP contribution in [0.25, 0.3) is 0 Å². The van der Waals surface area contributed by atoms with Crippen LogP contribution in [0.2, 0.25) is 10.0 Å². The number of rotatable bonds is 7. The topological polar surface area (TPSA) is 44.8 Å². The van der Waals surface area contributed by atoms with Crippen molar-refractivity contribution in [1.82, 2.24) is 4.90 Å². The molecule has 0 atom stereocenters. The van der Waals surface area contributed by atoms with Crippen molar-refractivity contribution in [3.05, 3.63) is 88.2 Å². The molecule has 1 aliphatic rings. The van der Waals surface area contributed by atoms with Crippen molar-refractivity contribution in [2.75, 3.05) is 43.0 Å². The van der Waals surface area contributed by atoms with E-state index in [2.05, 4.69) is 15.1 Å². The largest absolute Gasteiger partial charge is 0.482 e. The Morgan fingerprint density at radius 1 is 0.970 bits per heavy atom. The van der Waals surface area contributed by atoms with Gasteiger partial charge in [-0.2, -0.15) is 0 Å². The minimum Gasteiger partial charge on any atom is -0.482 e. The molecule has 1 N–H and O–H groups in total. The Labute approximate surface area is 202 Å². The standard InChI is InChI=1S/C25H24Cl2FN3O2/c26-19-5-10-24(22(27)15-19)33-17-25(32)29-20-6-8-21(9-7-20)31-13-11-30(12-14-31)16-18-3-1-2-4-23(18)28/h1-10,15H,11-14,16-17H2,(H,29,32). The third kappa shape index (κ3) is 6.38. The highest BCUT2D eigenvalue weighted by molar-refractivity contribution is 6.35. The Bertz CT molecular complexity index is 1100. The van der Waals surface area contributed by atoms with Crippen LogP contribution in [-0.4, -0.2) is 43.6 Å². The van der Waals surface area contributed by atoms with Crippen molar-refractivity contribution in [1.29, 1.82) is 0 Å². The smallest absolute Gasteiger partial charge is 0.262 e. The van der Waals surface area contributed by atoms with Gasteiger partial charge < -0.3 is 15.0 Å². The van der Waals surface area contributed by atoms with E-state index >= 15 is 0 Å². The summed E-state index contributed by atoms with van der Waals surface area (Å²) in [5.74, 6) is -0.0320. The third-order valence-electron chi connectivity index (χ3n) is 5.49. The number of ether oxygens (including phenoxy) is 1. The van der Waals surface area contributed by atoms with E-state index in [9.17, 15) is 9.18 Å². The van der Waals surface area contributed by atoms with E-state index in [0.717, 1.165) is 37.4 Å². The van der Waals surface area contributed by atoms with E-state index < -0.39 is 0 Å². The first kappa shape index (κ1) is 23.4. The van der Waals surface area contributed by atoms with Crippen LogP contribution < -0.4 is 15.0 Å². The molecule has 1 heterocycles. The molecule has 0 spiro atoms. The summed E-state index contributed by atoms with van der Waals surface area (Å²) in [5.41, 5.74) is 2.50. The monoisotopic (exact) mass is 487 g/mol. The van der Waals surface area contributed by atoms with Gasteiger partial charge in [-0.15, -0.1) is 0 Å². The van der Waals surface area contributed by atoms with Gasteiger partial charge in [0, 0.05) is 54.7 Å². The van der Waals surface area contributed by atoms with Crippen molar-refractivity contribution in [3.8, 4) is 5.75 Å². The Balaban J connectivity index is 1.24. The summed E-state index contributed by atoms with van der Waals surface area (Å²) in [6, 6.07) is 19.5. The molecular formula is C25H24Cl2FN3O2. The summed E-state index contributed by atoms with van der Waals surface area (Å²) in [6.07, 6.45) is 0. The van der Waals surface area contributed by atoms with Crippen molar-refractivity contribution in [2.45, 2.75) is 6.54 Å². The number of amides is 1. The fourth-order valence-corrected chi connectivity index (χ4v) is 4.18. The second-order valence-corrected chi connectivity index (χ2v) is 8.66. The highest BCUT2D eigenvalue weighted by Crippen LogP contribution is 2.27. The van der Waals surface area contributed by atoms with E-state index in [1.165, 1.54) is 6.07 Å². The van der Waals surface area contributed by atoms with Crippen molar-refractivity contribution in [3.63, 3.8) is 0 Å². The lowest BCUT2D eigenvalue weighted by Gasteiger charge is -2.36. The van der Waals surface area contributed by atoms with Gasteiger partial charge in [-0.25, -0.2) is 4.39 Å². The second kappa shape index (κ2) is 10.9. The van der Waals surface area contributed by atoms with Gasteiger partial charge in [0.2, 0.25) is 0 Å². The van der Waals surface area contributed by atoms with E-state index in [1.54, 1.807) is 24.3 Å². The van der Waals surface area contributed by atoms with E-state index in [1.807, 2.05) is 36.4 Å². The number of nitrogens with one attached hydrogen (secondary N) is 1. The van der Waals surface area contributed by atoms with Crippen LogP contribution in [0.4, 0.5) is 15.8 Å². The lowest BCUT2D eigenvalue weighted by molar-refractivity contribution is -0.118. The van der Waals surface area contributed by atoms with Crippen LogP contribution in [0, 0.1) is 5.82 Å². The van der Waals surface area contributed by atoms with E-state index in [-0.39, 0.29) is 18.3 Å². The molecule has 0 radical (unpaired) electrons. The molecule has 0 aromatic heterocycles. The van der Waals surface area contributed by atoms with Crippen LogP contribution in [0.15, 0.2) is 66.7 Å². The summed E-state index contributed by atoms with van der Waals surface area (Å²) in [4.78, 5) is 16.8. The van der Waals surface area contributed by atoms with Gasteiger partial charge in [0.05, 0.1) is 5.02 Å². The molecule has 4 rings (SSSR count). The molecule has 0 bridgehead atoms. The van der Waals surface area contributed by atoms with Crippen molar-refractivity contribution in [2.24, 2.45) is 0 Å². The Hall–Kier alpha value is -2.80.